The van der Waals surface area contributed by atoms with Gasteiger partial charge in [0, 0.05) is 26.3 Å². The van der Waals surface area contributed by atoms with Crippen LogP contribution in [0.3, 0.4) is 0 Å². The Kier molecular flexibility index (Phi) is 5.43. The van der Waals surface area contributed by atoms with Gasteiger partial charge in [-0.25, -0.2) is 4.98 Å². The van der Waals surface area contributed by atoms with E-state index in [9.17, 15) is 18.0 Å². The highest BCUT2D eigenvalue weighted by Crippen LogP contribution is 2.36. The van der Waals surface area contributed by atoms with Crippen LogP contribution in [0.5, 0.6) is 0 Å². The van der Waals surface area contributed by atoms with Gasteiger partial charge >= 0.3 is 6.18 Å². The van der Waals surface area contributed by atoms with Crippen molar-refractivity contribution in [3.8, 4) is 0 Å². The Labute approximate surface area is 155 Å². The molecule has 1 saturated heterocycles. The fraction of sp³-hybridized carbons (Fsp3) is 0.474. The summed E-state index contributed by atoms with van der Waals surface area (Å²) < 4.78 is 45.3. The van der Waals surface area contributed by atoms with Crippen LogP contribution in [0.4, 0.5) is 19.0 Å². The zero-order valence-corrected chi connectivity index (χ0v) is 15.3. The summed E-state index contributed by atoms with van der Waals surface area (Å²) in [5.41, 5.74) is -0.766. The lowest BCUT2D eigenvalue weighted by atomic mass is 9.96. The number of rotatable bonds is 4. The molecule has 8 heteroatoms. The molecule has 1 atom stereocenters. The number of pyridine rings is 1. The van der Waals surface area contributed by atoms with Crippen LogP contribution in [0.25, 0.3) is 0 Å². The molecular formula is C19H22F3N3O2. The van der Waals surface area contributed by atoms with E-state index in [0.717, 1.165) is 11.8 Å². The zero-order chi connectivity index (χ0) is 19.6. The molecule has 146 valence electrons. The number of anilines is 1. The summed E-state index contributed by atoms with van der Waals surface area (Å²) in [6.45, 7) is 2.83. The maximum Gasteiger partial charge on any atom is 0.419 e. The first-order valence-corrected chi connectivity index (χ1v) is 8.83. The van der Waals surface area contributed by atoms with E-state index in [1.165, 1.54) is 12.3 Å². The Morgan fingerprint density at radius 1 is 1.37 bits per heavy atom. The summed E-state index contributed by atoms with van der Waals surface area (Å²) >= 11 is 0. The number of hydrogen-bond acceptors (Lipinski definition) is 4. The smallest absolute Gasteiger partial charge is 0.419 e. The average Bonchev–Trinajstić information content (AvgIpc) is 3.05. The number of aryl methyl sites for hydroxylation is 1. The maximum absolute atomic E-state index is 13.3. The summed E-state index contributed by atoms with van der Waals surface area (Å²) in [6, 6.07) is 5.95. The topological polar surface area (TPSA) is 49.6 Å². The summed E-state index contributed by atoms with van der Waals surface area (Å²) in [5, 5.41) is 0. The quantitative estimate of drug-likeness (QED) is 0.807. The fourth-order valence-electron chi connectivity index (χ4n) is 3.43. The van der Waals surface area contributed by atoms with Gasteiger partial charge in [-0.1, -0.05) is 0 Å². The summed E-state index contributed by atoms with van der Waals surface area (Å²) in [6.07, 6.45) is -1.85. The van der Waals surface area contributed by atoms with Gasteiger partial charge in [0.2, 0.25) is 5.91 Å². The number of carbonyl (C=O) groups excluding carboxylic acids is 1. The van der Waals surface area contributed by atoms with Crippen LogP contribution in [-0.4, -0.2) is 35.9 Å². The number of nitrogens with zero attached hydrogens (tertiary/aromatic N) is 3. The first-order valence-electron chi connectivity index (χ1n) is 8.83. The van der Waals surface area contributed by atoms with Gasteiger partial charge < -0.3 is 14.2 Å². The van der Waals surface area contributed by atoms with Crippen molar-refractivity contribution in [1.29, 1.82) is 0 Å². The van der Waals surface area contributed by atoms with Crippen molar-refractivity contribution in [2.45, 2.75) is 32.5 Å². The minimum Gasteiger partial charge on any atom is -0.464 e. The number of halogens is 3. The van der Waals surface area contributed by atoms with Gasteiger partial charge in [-0.05, 0) is 44.0 Å². The van der Waals surface area contributed by atoms with Gasteiger partial charge in [0.1, 0.15) is 17.3 Å². The first-order chi connectivity index (χ1) is 12.8. The second-order valence-corrected chi connectivity index (χ2v) is 6.86. The molecule has 1 fully saturated rings. The van der Waals surface area contributed by atoms with Crippen molar-refractivity contribution in [1.82, 2.24) is 9.88 Å². The number of aromatic nitrogens is 1. The van der Waals surface area contributed by atoms with E-state index in [0.29, 0.717) is 31.7 Å². The van der Waals surface area contributed by atoms with Gasteiger partial charge in [0.15, 0.2) is 0 Å². The number of piperidine rings is 1. The summed E-state index contributed by atoms with van der Waals surface area (Å²) in [4.78, 5) is 19.9. The van der Waals surface area contributed by atoms with Crippen LogP contribution in [0.15, 0.2) is 34.9 Å². The van der Waals surface area contributed by atoms with Crippen molar-refractivity contribution < 1.29 is 22.4 Å². The molecule has 0 radical (unpaired) electrons. The van der Waals surface area contributed by atoms with Crippen molar-refractivity contribution >= 4 is 11.7 Å². The molecule has 0 unspecified atom stereocenters. The number of amides is 1. The molecule has 0 spiro atoms. The molecule has 0 saturated carbocycles. The predicted octanol–water partition coefficient (Wildman–Crippen LogP) is 3.88. The van der Waals surface area contributed by atoms with Crippen LogP contribution in [0.1, 0.15) is 29.9 Å². The monoisotopic (exact) mass is 381 g/mol. The lowest BCUT2D eigenvalue weighted by Gasteiger charge is -2.35. The molecule has 27 heavy (non-hydrogen) atoms. The van der Waals surface area contributed by atoms with Crippen LogP contribution in [-0.2, 0) is 17.5 Å². The summed E-state index contributed by atoms with van der Waals surface area (Å²) in [7, 11) is 1.68. The Hall–Kier alpha value is -2.51. The van der Waals surface area contributed by atoms with Gasteiger partial charge in [0.25, 0.3) is 0 Å². The van der Waals surface area contributed by atoms with E-state index in [2.05, 4.69) is 4.98 Å². The maximum atomic E-state index is 13.3. The van der Waals surface area contributed by atoms with E-state index in [1.807, 2.05) is 19.1 Å². The molecule has 3 heterocycles. The van der Waals surface area contributed by atoms with Gasteiger partial charge in [-0.15, -0.1) is 0 Å². The summed E-state index contributed by atoms with van der Waals surface area (Å²) in [5.74, 6) is 0.873. The van der Waals surface area contributed by atoms with Crippen molar-refractivity contribution in [3.05, 3.63) is 47.5 Å². The second kappa shape index (κ2) is 7.62. The van der Waals surface area contributed by atoms with Gasteiger partial charge in [0.05, 0.1) is 18.0 Å². The Morgan fingerprint density at radius 2 is 2.15 bits per heavy atom. The number of carbonyl (C=O) groups is 1. The van der Waals surface area contributed by atoms with Gasteiger partial charge in [-0.2, -0.15) is 13.2 Å². The number of alkyl halides is 3. The molecule has 0 aromatic carbocycles. The first kappa shape index (κ1) is 19.3. The molecule has 3 rings (SSSR count). The standard InChI is InChI=1S/C19H22F3N3O2/c1-13-7-8-15(27-13)12-24(2)18(26)14-5-4-10-25(11-14)17-16(19(20,21)22)6-3-9-23-17/h3,6-9,14H,4-5,10-12H2,1-2H3/t14-/m0/s1. The molecule has 1 aliphatic rings. The molecule has 1 amide bonds. The third-order valence-electron chi connectivity index (χ3n) is 4.73. The molecular weight excluding hydrogens is 359 g/mol. The van der Waals surface area contributed by atoms with Crippen LogP contribution >= 0.6 is 0 Å². The Balaban J connectivity index is 1.72. The zero-order valence-electron chi connectivity index (χ0n) is 15.3. The highest BCUT2D eigenvalue weighted by atomic mass is 19.4. The van der Waals surface area contributed by atoms with E-state index in [1.54, 1.807) is 16.8 Å². The predicted molar refractivity (Wildman–Crippen MR) is 94.1 cm³/mol. The molecule has 1 aliphatic heterocycles. The normalized spacial score (nSPS) is 17.8. The van der Waals surface area contributed by atoms with Crippen molar-refractivity contribution in [2.24, 2.45) is 5.92 Å². The van der Waals surface area contributed by atoms with E-state index < -0.39 is 11.7 Å². The average molecular weight is 381 g/mol. The molecule has 0 aliphatic carbocycles. The fourth-order valence-corrected chi connectivity index (χ4v) is 3.43. The Bertz CT molecular complexity index is 803. The third-order valence-corrected chi connectivity index (χ3v) is 4.73. The van der Waals surface area contributed by atoms with Gasteiger partial charge in [-0.3, -0.25) is 4.79 Å². The highest BCUT2D eigenvalue weighted by molar-refractivity contribution is 5.79. The number of furan rings is 1. The molecule has 0 N–H and O–H groups in total. The van der Waals surface area contributed by atoms with Crippen molar-refractivity contribution in [3.63, 3.8) is 0 Å². The lowest BCUT2D eigenvalue weighted by molar-refractivity contribution is -0.137. The largest absolute Gasteiger partial charge is 0.464 e. The SMILES string of the molecule is Cc1ccc(CN(C)C(=O)[C@H]2CCCN(c3ncccc3C(F)(F)F)C2)o1. The van der Waals surface area contributed by atoms with E-state index in [-0.39, 0.29) is 24.2 Å². The highest BCUT2D eigenvalue weighted by Gasteiger charge is 2.37. The second-order valence-electron chi connectivity index (χ2n) is 6.86. The minimum absolute atomic E-state index is 0.0988. The van der Waals surface area contributed by atoms with Crippen LogP contribution in [0.2, 0.25) is 0 Å². The molecule has 2 aromatic heterocycles. The minimum atomic E-state index is -4.48. The molecule has 0 bridgehead atoms. The van der Waals surface area contributed by atoms with Crippen LogP contribution in [0, 0.1) is 12.8 Å². The van der Waals surface area contributed by atoms with Crippen molar-refractivity contribution in [2.75, 3.05) is 25.0 Å². The van der Waals surface area contributed by atoms with E-state index in [4.69, 9.17) is 4.42 Å². The van der Waals surface area contributed by atoms with E-state index >= 15 is 0 Å². The number of hydrogen-bond donors (Lipinski definition) is 0. The molecule has 5 nitrogen and oxygen atoms in total. The lowest BCUT2D eigenvalue weighted by Crippen LogP contribution is -2.44. The Morgan fingerprint density at radius 3 is 2.81 bits per heavy atom. The van der Waals surface area contributed by atoms with Crippen LogP contribution < -0.4 is 4.90 Å². The third kappa shape index (κ3) is 4.43. The molecule has 2 aromatic rings.